The van der Waals surface area contributed by atoms with E-state index < -0.39 is 0 Å². The predicted molar refractivity (Wildman–Crippen MR) is 59.2 cm³/mol. The Labute approximate surface area is 86.3 Å². The molecule has 1 aromatic rings. The molecular weight excluding hydrogens is 174 g/mol. The number of nitrogens with two attached hydrogens (primary N) is 1. The van der Waals surface area contributed by atoms with Gasteiger partial charge in [-0.25, -0.2) is 0 Å². The van der Waals surface area contributed by atoms with Crippen molar-refractivity contribution >= 4 is 0 Å². The van der Waals surface area contributed by atoms with Crippen LogP contribution < -0.4 is 5.73 Å². The molecule has 0 atom stereocenters. The second kappa shape index (κ2) is 5.15. The Morgan fingerprint density at radius 3 is 2.71 bits per heavy atom. The highest BCUT2D eigenvalue weighted by atomic mass is 15.3. The topological polar surface area (TPSA) is 43.8 Å². The summed E-state index contributed by atoms with van der Waals surface area (Å²) in [4.78, 5) is 0. The highest BCUT2D eigenvalue weighted by Gasteiger charge is 2.07. The van der Waals surface area contributed by atoms with E-state index in [-0.39, 0.29) is 0 Å². The molecule has 0 fully saturated rings. The van der Waals surface area contributed by atoms with E-state index in [1.54, 1.807) is 0 Å². The minimum Gasteiger partial charge on any atom is -0.330 e. The lowest BCUT2D eigenvalue weighted by molar-refractivity contribution is 0.559. The molecule has 1 heterocycles. The van der Waals surface area contributed by atoms with Crippen LogP contribution in [0.3, 0.4) is 0 Å². The maximum absolute atomic E-state index is 5.51. The van der Waals surface area contributed by atoms with Crippen molar-refractivity contribution in [3.8, 4) is 0 Å². The zero-order valence-corrected chi connectivity index (χ0v) is 9.45. The monoisotopic (exact) mass is 195 g/mol. The third-order valence-corrected chi connectivity index (χ3v) is 2.23. The second-order valence-corrected chi connectivity index (χ2v) is 4.08. The summed E-state index contributed by atoms with van der Waals surface area (Å²) in [6.45, 7) is 8.22. The Balaban J connectivity index is 2.79. The van der Waals surface area contributed by atoms with Gasteiger partial charge in [0.15, 0.2) is 0 Å². The van der Waals surface area contributed by atoms with Crippen molar-refractivity contribution in [2.75, 3.05) is 6.54 Å². The molecule has 14 heavy (non-hydrogen) atoms. The van der Waals surface area contributed by atoms with E-state index in [0.29, 0.717) is 12.5 Å². The molecular formula is C11H21N3. The van der Waals surface area contributed by atoms with E-state index in [1.165, 1.54) is 5.69 Å². The summed E-state index contributed by atoms with van der Waals surface area (Å²) in [5.41, 5.74) is 7.98. The molecule has 0 aliphatic carbocycles. The maximum atomic E-state index is 5.51. The van der Waals surface area contributed by atoms with Crippen molar-refractivity contribution in [1.82, 2.24) is 9.78 Å². The van der Waals surface area contributed by atoms with Crippen LogP contribution in [-0.4, -0.2) is 16.3 Å². The summed E-state index contributed by atoms with van der Waals surface area (Å²) in [6.07, 6.45) is 1.99. The number of aryl methyl sites for hydroxylation is 1. The SMILES string of the molecule is CCn1nc(CCN)cc1CC(C)C. The molecule has 0 saturated heterocycles. The van der Waals surface area contributed by atoms with Crippen LogP contribution in [0.1, 0.15) is 32.2 Å². The Hall–Kier alpha value is -0.830. The molecule has 0 spiro atoms. The van der Waals surface area contributed by atoms with Crippen molar-refractivity contribution in [2.24, 2.45) is 11.7 Å². The lowest BCUT2D eigenvalue weighted by atomic mass is 10.1. The molecule has 3 nitrogen and oxygen atoms in total. The second-order valence-electron chi connectivity index (χ2n) is 4.08. The largest absolute Gasteiger partial charge is 0.330 e. The average molecular weight is 195 g/mol. The molecule has 0 aliphatic rings. The third kappa shape index (κ3) is 2.84. The normalized spacial score (nSPS) is 11.2. The molecule has 0 aliphatic heterocycles. The molecule has 2 N–H and O–H groups in total. The van der Waals surface area contributed by atoms with Crippen molar-refractivity contribution < 1.29 is 0 Å². The minimum absolute atomic E-state index is 0.682. The van der Waals surface area contributed by atoms with Crippen LogP contribution in [0.4, 0.5) is 0 Å². The van der Waals surface area contributed by atoms with Gasteiger partial charge in [0.25, 0.3) is 0 Å². The van der Waals surface area contributed by atoms with Gasteiger partial charge in [0.2, 0.25) is 0 Å². The Morgan fingerprint density at radius 2 is 2.21 bits per heavy atom. The zero-order valence-electron chi connectivity index (χ0n) is 9.45. The highest BCUT2D eigenvalue weighted by molar-refractivity contribution is 5.11. The van der Waals surface area contributed by atoms with Crippen molar-refractivity contribution in [3.63, 3.8) is 0 Å². The zero-order chi connectivity index (χ0) is 10.6. The van der Waals surface area contributed by atoms with Gasteiger partial charge in [-0.1, -0.05) is 13.8 Å². The van der Waals surface area contributed by atoms with Crippen LogP contribution in [0.15, 0.2) is 6.07 Å². The molecule has 0 unspecified atom stereocenters. The standard InChI is InChI=1S/C11H21N3/c1-4-14-11(7-9(2)3)8-10(13-14)5-6-12/h8-9H,4-7,12H2,1-3H3. The maximum Gasteiger partial charge on any atom is 0.0640 e. The number of rotatable bonds is 5. The van der Waals surface area contributed by atoms with E-state index >= 15 is 0 Å². The number of aromatic nitrogens is 2. The minimum atomic E-state index is 0.682. The third-order valence-electron chi connectivity index (χ3n) is 2.23. The predicted octanol–water partition coefficient (Wildman–Crippen LogP) is 1.60. The van der Waals surface area contributed by atoms with E-state index in [0.717, 1.165) is 25.1 Å². The van der Waals surface area contributed by atoms with Gasteiger partial charge in [-0.05, 0) is 31.9 Å². The van der Waals surface area contributed by atoms with Gasteiger partial charge < -0.3 is 5.73 Å². The van der Waals surface area contributed by atoms with E-state index in [9.17, 15) is 0 Å². The Bertz CT molecular complexity index is 276. The molecule has 0 saturated carbocycles. The molecule has 0 aromatic carbocycles. The van der Waals surface area contributed by atoms with Crippen molar-refractivity contribution in [2.45, 2.75) is 40.2 Å². The van der Waals surface area contributed by atoms with Crippen LogP contribution in [-0.2, 0) is 19.4 Å². The van der Waals surface area contributed by atoms with Crippen molar-refractivity contribution in [3.05, 3.63) is 17.5 Å². The van der Waals surface area contributed by atoms with Crippen LogP contribution in [0.25, 0.3) is 0 Å². The number of nitrogens with zero attached hydrogens (tertiary/aromatic N) is 2. The van der Waals surface area contributed by atoms with Gasteiger partial charge in [0.1, 0.15) is 0 Å². The highest BCUT2D eigenvalue weighted by Crippen LogP contribution is 2.10. The van der Waals surface area contributed by atoms with E-state index in [2.05, 4.69) is 36.6 Å². The van der Waals surface area contributed by atoms with Crippen molar-refractivity contribution in [1.29, 1.82) is 0 Å². The number of hydrogen-bond donors (Lipinski definition) is 1. The van der Waals surface area contributed by atoms with Gasteiger partial charge in [0.05, 0.1) is 5.69 Å². The Morgan fingerprint density at radius 1 is 1.50 bits per heavy atom. The lowest BCUT2D eigenvalue weighted by Gasteiger charge is -2.06. The molecule has 1 aromatic heterocycles. The smallest absolute Gasteiger partial charge is 0.0640 e. The summed E-state index contributed by atoms with van der Waals surface area (Å²) < 4.78 is 2.09. The average Bonchev–Trinajstić information content (AvgIpc) is 2.47. The summed E-state index contributed by atoms with van der Waals surface area (Å²) in [6, 6.07) is 2.19. The first-order valence-corrected chi connectivity index (χ1v) is 5.43. The Kier molecular flexibility index (Phi) is 4.14. The first-order valence-electron chi connectivity index (χ1n) is 5.43. The molecule has 0 bridgehead atoms. The van der Waals surface area contributed by atoms with Gasteiger partial charge in [-0.2, -0.15) is 5.10 Å². The fourth-order valence-electron chi connectivity index (χ4n) is 1.64. The van der Waals surface area contributed by atoms with Crippen LogP contribution >= 0.6 is 0 Å². The van der Waals surface area contributed by atoms with Crippen LogP contribution in [0, 0.1) is 5.92 Å². The van der Waals surface area contributed by atoms with E-state index in [4.69, 9.17) is 5.73 Å². The lowest BCUT2D eigenvalue weighted by Crippen LogP contribution is -2.06. The van der Waals surface area contributed by atoms with Gasteiger partial charge in [0, 0.05) is 18.7 Å². The van der Waals surface area contributed by atoms with Gasteiger partial charge in [-0.15, -0.1) is 0 Å². The summed E-state index contributed by atoms with van der Waals surface area (Å²) >= 11 is 0. The summed E-state index contributed by atoms with van der Waals surface area (Å²) in [5.74, 6) is 0.683. The first kappa shape index (κ1) is 11.2. The molecule has 3 heteroatoms. The summed E-state index contributed by atoms with van der Waals surface area (Å²) in [7, 11) is 0. The molecule has 0 amide bonds. The fraction of sp³-hybridized carbons (Fsp3) is 0.727. The molecule has 80 valence electrons. The summed E-state index contributed by atoms with van der Waals surface area (Å²) in [5, 5.41) is 4.51. The number of hydrogen-bond acceptors (Lipinski definition) is 2. The fourth-order valence-corrected chi connectivity index (χ4v) is 1.64. The molecule has 1 rings (SSSR count). The molecule has 0 radical (unpaired) electrons. The van der Waals surface area contributed by atoms with Crippen LogP contribution in [0.2, 0.25) is 0 Å². The van der Waals surface area contributed by atoms with Gasteiger partial charge in [-0.3, -0.25) is 4.68 Å². The quantitative estimate of drug-likeness (QED) is 0.775. The van der Waals surface area contributed by atoms with Crippen LogP contribution in [0.5, 0.6) is 0 Å². The first-order chi connectivity index (χ1) is 6.67. The van der Waals surface area contributed by atoms with E-state index in [1.807, 2.05) is 0 Å². The van der Waals surface area contributed by atoms with Gasteiger partial charge >= 0.3 is 0 Å².